The predicted octanol–water partition coefficient (Wildman–Crippen LogP) is 2.88. The molecule has 0 bridgehead atoms. The van der Waals surface area contributed by atoms with Crippen molar-refractivity contribution in [3.05, 3.63) is 22.7 Å². The van der Waals surface area contributed by atoms with Crippen molar-refractivity contribution in [2.45, 2.75) is 19.8 Å². The second-order valence-electron chi connectivity index (χ2n) is 4.79. The Morgan fingerprint density at radius 1 is 1.33 bits per heavy atom. The number of halogens is 1. The summed E-state index contributed by atoms with van der Waals surface area (Å²) < 4.78 is 15.5. The van der Waals surface area contributed by atoms with E-state index in [-0.39, 0.29) is 17.2 Å². The van der Waals surface area contributed by atoms with Crippen LogP contribution in [0.5, 0.6) is 11.5 Å². The smallest absolute Gasteiger partial charge is 0.379 e. The van der Waals surface area contributed by atoms with E-state index in [1.54, 1.807) is 6.92 Å². The third-order valence-corrected chi connectivity index (χ3v) is 3.39. The summed E-state index contributed by atoms with van der Waals surface area (Å²) in [7, 11) is 1.47. The van der Waals surface area contributed by atoms with Gasteiger partial charge in [0.1, 0.15) is 0 Å². The molecule has 1 aliphatic rings. The molecule has 1 saturated carbocycles. The summed E-state index contributed by atoms with van der Waals surface area (Å²) in [5.74, 6) is -0.398. The minimum atomic E-state index is -0.910. The molecule has 1 fully saturated rings. The van der Waals surface area contributed by atoms with Crippen molar-refractivity contribution in [2.75, 3.05) is 20.3 Å². The predicted molar refractivity (Wildman–Crippen MR) is 77.2 cm³/mol. The van der Waals surface area contributed by atoms with Gasteiger partial charge in [0, 0.05) is 5.56 Å². The van der Waals surface area contributed by atoms with E-state index >= 15 is 0 Å². The molecule has 2 rings (SSSR count). The monoisotopic (exact) mass is 312 g/mol. The molecule has 0 N–H and O–H groups in total. The number of benzene rings is 1. The molecule has 0 aromatic heterocycles. The van der Waals surface area contributed by atoms with Crippen LogP contribution in [0.4, 0.5) is 0 Å². The van der Waals surface area contributed by atoms with Gasteiger partial charge in [0.25, 0.3) is 5.78 Å². The zero-order valence-corrected chi connectivity index (χ0v) is 12.7. The van der Waals surface area contributed by atoms with E-state index in [2.05, 4.69) is 0 Å². The fourth-order valence-corrected chi connectivity index (χ4v) is 2.10. The molecule has 0 unspecified atom stereocenters. The highest BCUT2D eigenvalue weighted by Gasteiger charge is 2.25. The lowest BCUT2D eigenvalue weighted by Crippen LogP contribution is -2.17. The van der Waals surface area contributed by atoms with Gasteiger partial charge >= 0.3 is 5.97 Å². The molecule has 21 heavy (non-hydrogen) atoms. The van der Waals surface area contributed by atoms with Crippen LogP contribution >= 0.6 is 11.6 Å². The van der Waals surface area contributed by atoms with Gasteiger partial charge in [-0.1, -0.05) is 11.6 Å². The minimum absolute atomic E-state index is 0.130. The van der Waals surface area contributed by atoms with Crippen LogP contribution in [-0.4, -0.2) is 32.1 Å². The lowest BCUT2D eigenvalue weighted by Gasteiger charge is -2.13. The molecule has 1 aromatic carbocycles. The van der Waals surface area contributed by atoms with E-state index in [4.69, 9.17) is 25.8 Å². The first kappa shape index (κ1) is 15.6. The summed E-state index contributed by atoms with van der Waals surface area (Å²) in [5.41, 5.74) is 0.130. The van der Waals surface area contributed by atoms with Crippen molar-refractivity contribution in [1.82, 2.24) is 0 Å². The Labute approximate surface area is 128 Å². The molecule has 1 aliphatic carbocycles. The maximum atomic E-state index is 12.0. The molecule has 0 saturated heterocycles. The van der Waals surface area contributed by atoms with Crippen LogP contribution < -0.4 is 9.47 Å². The van der Waals surface area contributed by atoms with Gasteiger partial charge in [0.15, 0.2) is 11.5 Å². The van der Waals surface area contributed by atoms with E-state index in [1.807, 2.05) is 0 Å². The lowest BCUT2D eigenvalue weighted by atomic mass is 10.1. The summed E-state index contributed by atoms with van der Waals surface area (Å²) in [4.78, 5) is 23.5. The first-order valence-corrected chi connectivity index (χ1v) is 7.16. The zero-order valence-electron chi connectivity index (χ0n) is 12.0. The number of carbonyl (C=O) groups excluding carboxylic acids is 2. The second kappa shape index (κ2) is 6.80. The Kier molecular flexibility index (Phi) is 5.07. The quantitative estimate of drug-likeness (QED) is 0.440. The molecule has 5 nitrogen and oxygen atoms in total. The number of ether oxygens (including phenoxy) is 3. The number of hydrogen-bond acceptors (Lipinski definition) is 5. The van der Waals surface area contributed by atoms with E-state index in [9.17, 15) is 9.59 Å². The van der Waals surface area contributed by atoms with Crippen LogP contribution in [0.25, 0.3) is 0 Å². The van der Waals surface area contributed by atoms with E-state index in [0.717, 1.165) is 12.8 Å². The van der Waals surface area contributed by atoms with Gasteiger partial charge in [0.05, 0.1) is 25.3 Å². The third-order valence-electron chi connectivity index (χ3n) is 3.11. The van der Waals surface area contributed by atoms with Gasteiger partial charge in [-0.2, -0.15) is 0 Å². The highest BCUT2D eigenvalue weighted by atomic mass is 35.5. The van der Waals surface area contributed by atoms with E-state index in [0.29, 0.717) is 24.0 Å². The van der Waals surface area contributed by atoms with Crippen molar-refractivity contribution < 1.29 is 23.8 Å². The Morgan fingerprint density at radius 3 is 2.62 bits per heavy atom. The molecule has 0 amide bonds. The molecule has 0 spiro atoms. The van der Waals surface area contributed by atoms with Crippen molar-refractivity contribution in [2.24, 2.45) is 5.92 Å². The first-order chi connectivity index (χ1) is 10.1. The second-order valence-corrected chi connectivity index (χ2v) is 5.20. The number of esters is 1. The molecular formula is C15H17ClO5. The fraction of sp³-hybridized carbons (Fsp3) is 0.467. The van der Waals surface area contributed by atoms with Gasteiger partial charge < -0.3 is 14.2 Å². The Bertz CT molecular complexity index is 551. The molecule has 0 aliphatic heterocycles. The maximum Gasteiger partial charge on any atom is 0.379 e. The number of rotatable bonds is 7. The summed E-state index contributed by atoms with van der Waals surface area (Å²) in [6.07, 6.45) is 2.27. The molecule has 1 aromatic rings. The molecule has 6 heteroatoms. The van der Waals surface area contributed by atoms with Crippen LogP contribution in [0.3, 0.4) is 0 Å². The van der Waals surface area contributed by atoms with Crippen LogP contribution in [0.1, 0.15) is 30.1 Å². The summed E-state index contributed by atoms with van der Waals surface area (Å²) in [5, 5.41) is 0.221. The van der Waals surface area contributed by atoms with Crippen LogP contribution in [-0.2, 0) is 9.53 Å². The highest BCUT2D eigenvalue weighted by Crippen LogP contribution is 2.38. The highest BCUT2D eigenvalue weighted by molar-refractivity contribution is 6.41. The standard InChI is InChI=1S/C15H17ClO5/c1-3-20-15(18)13(17)10-6-11(16)14(19-2)12(7-10)21-8-9-4-5-9/h6-7,9H,3-5,8H2,1-2H3. The summed E-state index contributed by atoms with van der Waals surface area (Å²) in [6, 6.07) is 2.84. The average molecular weight is 313 g/mol. The topological polar surface area (TPSA) is 61.8 Å². The van der Waals surface area contributed by atoms with E-state index in [1.165, 1.54) is 19.2 Å². The Hall–Kier alpha value is -1.75. The van der Waals surface area contributed by atoms with Gasteiger partial charge in [-0.15, -0.1) is 0 Å². The largest absolute Gasteiger partial charge is 0.491 e. The molecular weight excluding hydrogens is 296 g/mol. The van der Waals surface area contributed by atoms with Crippen LogP contribution in [0.2, 0.25) is 5.02 Å². The lowest BCUT2D eigenvalue weighted by molar-refractivity contribution is -0.137. The Morgan fingerprint density at radius 2 is 2.05 bits per heavy atom. The molecule has 114 valence electrons. The molecule has 0 atom stereocenters. The van der Waals surface area contributed by atoms with Crippen molar-refractivity contribution >= 4 is 23.4 Å². The summed E-state index contributed by atoms with van der Waals surface area (Å²) >= 11 is 6.08. The van der Waals surface area contributed by atoms with Crippen molar-refractivity contribution in [3.63, 3.8) is 0 Å². The number of methoxy groups -OCH3 is 1. The Balaban J connectivity index is 2.24. The number of carbonyl (C=O) groups is 2. The fourth-order valence-electron chi connectivity index (χ4n) is 1.81. The maximum absolute atomic E-state index is 12.0. The number of hydrogen-bond donors (Lipinski definition) is 0. The van der Waals surface area contributed by atoms with Crippen LogP contribution in [0.15, 0.2) is 12.1 Å². The number of Topliss-reactive ketones (excluding diaryl/α,β-unsaturated/α-hetero) is 1. The SMILES string of the molecule is CCOC(=O)C(=O)c1cc(Cl)c(OC)c(OCC2CC2)c1. The molecule has 0 heterocycles. The van der Waals surface area contributed by atoms with E-state index < -0.39 is 11.8 Å². The van der Waals surface area contributed by atoms with Gasteiger partial charge in [-0.25, -0.2) is 4.79 Å². The van der Waals surface area contributed by atoms with Crippen molar-refractivity contribution in [1.29, 1.82) is 0 Å². The average Bonchev–Trinajstić information content (AvgIpc) is 3.28. The van der Waals surface area contributed by atoms with Crippen LogP contribution in [0, 0.1) is 5.92 Å². The summed E-state index contributed by atoms with van der Waals surface area (Å²) in [6.45, 7) is 2.32. The minimum Gasteiger partial charge on any atom is -0.491 e. The number of ketones is 1. The third kappa shape index (κ3) is 3.88. The zero-order chi connectivity index (χ0) is 15.4. The normalized spacial score (nSPS) is 13.7. The van der Waals surface area contributed by atoms with Gasteiger partial charge in [-0.3, -0.25) is 4.79 Å². The van der Waals surface area contributed by atoms with Gasteiger partial charge in [-0.05, 0) is 37.8 Å². The van der Waals surface area contributed by atoms with Gasteiger partial charge in [0.2, 0.25) is 0 Å². The first-order valence-electron chi connectivity index (χ1n) is 6.78. The van der Waals surface area contributed by atoms with Crippen molar-refractivity contribution in [3.8, 4) is 11.5 Å². The molecule has 0 radical (unpaired) electrons.